The van der Waals surface area contributed by atoms with E-state index in [4.69, 9.17) is 4.74 Å². The average molecular weight is 327 g/mol. The van der Waals surface area contributed by atoms with Gasteiger partial charge in [0.15, 0.2) is 0 Å². The third-order valence-corrected chi connectivity index (χ3v) is 2.98. The Morgan fingerprint density at radius 2 is 1.50 bits per heavy atom. The monoisotopic (exact) mass is 327 g/mol. The highest BCUT2D eigenvalue weighted by Gasteiger charge is 2.12. The summed E-state index contributed by atoms with van der Waals surface area (Å²) in [5, 5.41) is 2.82. The molecule has 1 N–H and O–H groups in total. The van der Waals surface area contributed by atoms with Crippen LogP contribution in [0.1, 0.15) is 0 Å². The van der Waals surface area contributed by atoms with Gasteiger partial charge in [-0.2, -0.15) is 0 Å². The zero-order chi connectivity index (χ0) is 17.4. The highest BCUT2D eigenvalue weighted by molar-refractivity contribution is 5.98. The maximum atomic E-state index is 11.7. The second-order valence-electron chi connectivity index (χ2n) is 4.64. The molecule has 0 heterocycles. The number of methoxy groups -OCH3 is 2. The number of para-hydroxylation sites is 1. The van der Waals surface area contributed by atoms with Crippen LogP contribution in [0.2, 0.25) is 0 Å². The molecule has 0 unspecified atom stereocenters. The quantitative estimate of drug-likeness (QED) is 0.649. The molecule has 6 heteroatoms. The van der Waals surface area contributed by atoms with Crippen LogP contribution < -0.4 is 10.1 Å². The summed E-state index contributed by atoms with van der Waals surface area (Å²) in [6.45, 7) is 0. The lowest BCUT2D eigenvalue weighted by atomic mass is 10.2. The molecule has 0 fully saturated rings. The Morgan fingerprint density at radius 1 is 0.875 bits per heavy atom. The number of nitrogens with one attached hydrogen (secondary N) is 1. The van der Waals surface area contributed by atoms with E-state index in [1.54, 1.807) is 24.3 Å². The molecule has 0 saturated heterocycles. The van der Waals surface area contributed by atoms with Gasteiger partial charge >= 0.3 is 11.9 Å². The zero-order valence-electron chi connectivity index (χ0n) is 13.3. The molecule has 24 heavy (non-hydrogen) atoms. The van der Waals surface area contributed by atoms with Crippen molar-refractivity contribution in [2.24, 2.45) is 0 Å². The lowest BCUT2D eigenvalue weighted by Gasteiger charge is -2.10. The smallest absolute Gasteiger partial charge is 0.354 e. The second kappa shape index (κ2) is 8.38. The van der Waals surface area contributed by atoms with Crippen molar-refractivity contribution in [1.29, 1.82) is 0 Å². The highest BCUT2D eigenvalue weighted by atomic mass is 16.5. The van der Waals surface area contributed by atoms with Crippen molar-refractivity contribution in [2.45, 2.75) is 0 Å². The van der Waals surface area contributed by atoms with E-state index in [-0.39, 0.29) is 5.70 Å². The van der Waals surface area contributed by atoms with Crippen LogP contribution in [0.15, 0.2) is 66.4 Å². The predicted octanol–water partition coefficient (Wildman–Crippen LogP) is 3.12. The Bertz CT molecular complexity index is 723. The van der Waals surface area contributed by atoms with Gasteiger partial charge in [0.25, 0.3) is 0 Å². The van der Waals surface area contributed by atoms with Gasteiger partial charge in [-0.3, -0.25) is 0 Å². The van der Waals surface area contributed by atoms with Crippen LogP contribution in [-0.2, 0) is 19.1 Å². The molecule has 0 aliphatic carbocycles. The molecule has 2 aromatic carbocycles. The molecule has 2 rings (SSSR count). The van der Waals surface area contributed by atoms with Crippen molar-refractivity contribution < 1.29 is 23.8 Å². The molecule has 6 nitrogen and oxygen atoms in total. The molecule has 124 valence electrons. The molecular formula is C18H17NO5. The summed E-state index contributed by atoms with van der Waals surface area (Å²) in [6, 6.07) is 16.3. The minimum atomic E-state index is -0.676. The fourth-order valence-corrected chi connectivity index (χ4v) is 1.82. The predicted molar refractivity (Wildman–Crippen MR) is 88.7 cm³/mol. The molecule has 0 spiro atoms. The SMILES string of the molecule is COC(=O)/C=C(/Nc1ccc(Oc2ccccc2)cc1)C(=O)OC. The molecule has 0 aliphatic rings. The van der Waals surface area contributed by atoms with E-state index in [0.717, 1.165) is 11.8 Å². The second-order valence-corrected chi connectivity index (χ2v) is 4.64. The van der Waals surface area contributed by atoms with Crippen LogP contribution in [0.5, 0.6) is 11.5 Å². The first-order valence-electron chi connectivity index (χ1n) is 7.10. The summed E-state index contributed by atoms with van der Waals surface area (Å²) in [6.07, 6.45) is 1.03. The van der Waals surface area contributed by atoms with Gasteiger partial charge in [-0.1, -0.05) is 18.2 Å². The van der Waals surface area contributed by atoms with Gasteiger partial charge < -0.3 is 19.5 Å². The minimum absolute atomic E-state index is 0.0268. The number of esters is 2. The molecule has 0 aliphatic heterocycles. The molecule has 0 radical (unpaired) electrons. The Morgan fingerprint density at radius 3 is 2.08 bits per heavy atom. The third kappa shape index (κ3) is 4.88. The number of rotatable bonds is 6. The van der Waals surface area contributed by atoms with E-state index >= 15 is 0 Å². The van der Waals surface area contributed by atoms with Gasteiger partial charge in [0.05, 0.1) is 20.3 Å². The van der Waals surface area contributed by atoms with Crippen LogP contribution in [0.25, 0.3) is 0 Å². The van der Waals surface area contributed by atoms with Crippen molar-refractivity contribution in [3.8, 4) is 11.5 Å². The fourth-order valence-electron chi connectivity index (χ4n) is 1.82. The molecule has 0 amide bonds. The Kier molecular flexibility index (Phi) is 5.96. The average Bonchev–Trinajstić information content (AvgIpc) is 2.62. The Labute approximate surface area is 139 Å². The molecular weight excluding hydrogens is 310 g/mol. The van der Waals surface area contributed by atoms with Crippen molar-refractivity contribution in [3.05, 3.63) is 66.4 Å². The lowest BCUT2D eigenvalue weighted by Crippen LogP contribution is -2.15. The summed E-state index contributed by atoms with van der Waals surface area (Å²) in [4.78, 5) is 23.0. The van der Waals surface area contributed by atoms with Crippen LogP contribution in [0, 0.1) is 0 Å². The lowest BCUT2D eigenvalue weighted by molar-refractivity contribution is -0.138. The number of hydrogen-bond donors (Lipinski definition) is 1. The first-order valence-corrected chi connectivity index (χ1v) is 7.10. The van der Waals surface area contributed by atoms with E-state index < -0.39 is 11.9 Å². The zero-order valence-corrected chi connectivity index (χ0v) is 13.3. The topological polar surface area (TPSA) is 73.9 Å². The van der Waals surface area contributed by atoms with Crippen LogP contribution >= 0.6 is 0 Å². The summed E-state index contributed by atoms with van der Waals surface area (Å²) in [7, 11) is 2.45. The van der Waals surface area contributed by atoms with E-state index in [0.29, 0.717) is 11.4 Å². The first kappa shape index (κ1) is 17.1. The first-order chi connectivity index (χ1) is 11.6. The Hall–Kier alpha value is -3.28. The number of anilines is 1. The normalized spacial score (nSPS) is 10.7. The van der Waals surface area contributed by atoms with Crippen molar-refractivity contribution >= 4 is 17.6 Å². The maximum Gasteiger partial charge on any atom is 0.354 e. The standard InChI is InChI=1S/C18H17NO5/c1-22-17(20)12-16(18(21)23-2)19-13-8-10-15(11-9-13)24-14-6-4-3-5-7-14/h3-12,19H,1-2H3/b16-12+. The van der Waals surface area contributed by atoms with E-state index in [1.807, 2.05) is 30.3 Å². The van der Waals surface area contributed by atoms with Gasteiger partial charge in [-0.05, 0) is 36.4 Å². The van der Waals surface area contributed by atoms with Gasteiger partial charge in [-0.25, -0.2) is 9.59 Å². The Balaban J connectivity index is 2.10. The van der Waals surface area contributed by atoms with Gasteiger partial charge in [0.2, 0.25) is 0 Å². The van der Waals surface area contributed by atoms with E-state index in [9.17, 15) is 9.59 Å². The molecule has 0 atom stereocenters. The summed E-state index contributed by atoms with van der Waals surface area (Å²) >= 11 is 0. The summed E-state index contributed by atoms with van der Waals surface area (Å²) < 4.78 is 14.8. The highest BCUT2D eigenvalue weighted by Crippen LogP contribution is 2.23. The van der Waals surface area contributed by atoms with Crippen molar-refractivity contribution in [1.82, 2.24) is 0 Å². The van der Waals surface area contributed by atoms with Gasteiger partial charge in [0.1, 0.15) is 17.2 Å². The fraction of sp³-hybridized carbons (Fsp3) is 0.111. The molecule has 0 saturated carbocycles. The summed E-state index contributed by atoms with van der Waals surface area (Å²) in [5.74, 6) is 0.0271. The van der Waals surface area contributed by atoms with E-state index in [1.165, 1.54) is 14.2 Å². The molecule has 0 aromatic heterocycles. The minimum Gasteiger partial charge on any atom is -0.466 e. The van der Waals surface area contributed by atoms with Crippen LogP contribution in [0.3, 0.4) is 0 Å². The number of hydrogen-bond acceptors (Lipinski definition) is 6. The molecule has 0 bridgehead atoms. The number of benzene rings is 2. The van der Waals surface area contributed by atoms with Gasteiger partial charge in [-0.15, -0.1) is 0 Å². The van der Waals surface area contributed by atoms with Gasteiger partial charge in [0, 0.05) is 5.69 Å². The number of ether oxygens (including phenoxy) is 3. The molecule has 2 aromatic rings. The third-order valence-electron chi connectivity index (χ3n) is 2.98. The van der Waals surface area contributed by atoms with Crippen molar-refractivity contribution in [2.75, 3.05) is 19.5 Å². The van der Waals surface area contributed by atoms with Crippen LogP contribution in [0.4, 0.5) is 5.69 Å². The number of carbonyl (C=O) groups excluding carboxylic acids is 2. The van der Waals surface area contributed by atoms with Crippen molar-refractivity contribution in [3.63, 3.8) is 0 Å². The van der Waals surface area contributed by atoms with E-state index in [2.05, 4.69) is 14.8 Å². The summed E-state index contributed by atoms with van der Waals surface area (Å²) in [5.41, 5.74) is 0.567. The number of carbonyl (C=O) groups is 2. The largest absolute Gasteiger partial charge is 0.466 e. The maximum absolute atomic E-state index is 11.7. The van der Waals surface area contributed by atoms with Crippen LogP contribution in [-0.4, -0.2) is 26.2 Å².